The standard InChI is InChI=1S/C14H8BrClF4O/c15-11-3-2-8(16)6-9(11)13(21)7-1-4-12(17)10(5-7)14(18,19)20/h1-6,13,21H. The van der Waals surface area contributed by atoms with Crippen molar-refractivity contribution in [2.45, 2.75) is 12.3 Å². The van der Waals surface area contributed by atoms with Crippen LogP contribution >= 0.6 is 27.5 Å². The van der Waals surface area contributed by atoms with Gasteiger partial charge in [0, 0.05) is 15.1 Å². The van der Waals surface area contributed by atoms with Gasteiger partial charge in [-0.1, -0.05) is 33.6 Å². The molecule has 7 heteroatoms. The van der Waals surface area contributed by atoms with Gasteiger partial charge in [0.2, 0.25) is 0 Å². The Morgan fingerprint density at radius 1 is 1.10 bits per heavy atom. The average molecular weight is 384 g/mol. The van der Waals surface area contributed by atoms with E-state index in [4.69, 9.17) is 11.6 Å². The summed E-state index contributed by atoms with van der Waals surface area (Å²) in [5, 5.41) is 10.5. The molecular weight excluding hydrogens is 376 g/mol. The Kier molecular flexibility index (Phi) is 4.60. The summed E-state index contributed by atoms with van der Waals surface area (Å²) in [6.45, 7) is 0. The Morgan fingerprint density at radius 2 is 1.76 bits per heavy atom. The summed E-state index contributed by atoms with van der Waals surface area (Å²) in [4.78, 5) is 0. The Hall–Kier alpha value is -1.11. The number of hydrogen-bond acceptors (Lipinski definition) is 1. The van der Waals surface area contributed by atoms with Gasteiger partial charge < -0.3 is 5.11 Å². The number of hydrogen-bond donors (Lipinski definition) is 1. The number of benzene rings is 2. The number of halogens is 6. The van der Waals surface area contributed by atoms with Crippen LogP contribution in [-0.4, -0.2) is 5.11 Å². The van der Waals surface area contributed by atoms with Crippen LogP contribution < -0.4 is 0 Å². The number of rotatable bonds is 2. The van der Waals surface area contributed by atoms with Gasteiger partial charge in [0.05, 0.1) is 5.56 Å². The minimum Gasteiger partial charge on any atom is -0.384 e. The minimum absolute atomic E-state index is 0.0771. The van der Waals surface area contributed by atoms with E-state index < -0.39 is 23.7 Å². The zero-order valence-electron chi connectivity index (χ0n) is 10.3. The summed E-state index contributed by atoms with van der Waals surface area (Å²) in [6, 6.07) is 6.92. The van der Waals surface area contributed by atoms with Gasteiger partial charge >= 0.3 is 6.18 Å². The van der Waals surface area contributed by atoms with Crippen LogP contribution in [0.15, 0.2) is 40.9 Å². The van der Waals surface area contributed by atoms with E-state index >= 15 is 0 Å². The molecule has 0 bridgehead atoms. The zero-order valence-corrected chi connectivity index (χ0v) is 12.6. The molecule has 1 nitrogen and oxygen atoms in total. The summed E-state index contributed by atoms with van der Waals surface area (Å²) in [6.07, 6.45) is -6.19. The van der Waals surface area contributed by atoms with E-state index in [1.165, 1.54) is 6.07 Å². The van der Waals surface area contributed by atoms with Crippen LogP contribution in [0, 0.1) is 5.82 Å². The largest absolute Gasteiger partial charge is 0.419 e. The van der Waals surface area contributed by atoms with Gasteiger partial charge in [-0.15, -0.1) is 0 Å². The first-order valence-electron chi connectivity index (χ1n) is 5.70. The van der Waals surface area contributed by atoms with Crippen molar-refractivity contribution in [1.29, 1.82) is 0 Å². The van der Waals surface area contributed by atoms with Crippen molar-refractivity contribution in [2.24, 2.45) is 0 Å². The van der Waals surface area contributed by atoms with Crippen LogP contribution in [0.3, 0.4) is 0 Å². The van der Waals surface area contributed by atoms with Crippen molar-refractivity contribution in [3.8, 4) is 0 Å². The third-order valence-electron chi connectivity index (χ3n) is 2.86. The highest BCUT2D eigenvalue weighted by Gasteiger charge is 2.34. The maximum absolute atomic E-state index is 13.2. The number of aliphatic hydroxyl groups excluding tert-OH is 1. The highest BCUT2D eigenvalue weighted by atomic mass is 79.9. The molecule has 0 spiro atoms. The highest BCUT2D eigenvalue weighted by Crippen LogP contribution is 2.36. The van der Waals surface area contributed by atoms with Crippen LogP contribution in [0.1, 0.15) is 22.8 Å². The highest BCUT2D eigenvalue weighted by molar-refractivity contribution is 9.10. The van der Waals surface area contributed by atoms with Crippen LogP contribution in [-0.2, 0) is 6.18 Å². The van der Waals surface area contributed by atoms with Gasteiger partial charge in [0.15, 0.2) is 0 Å². The van der Waals surface area contributed by atoms with Gasteiger partial charge in [0.25, 0.3) is 0 Å². The lowest BCUT2D eigenvalue weighted by Gasteiger charge is -2.16. The molecule has 0 radical (unpaired) electrons. The quantitative estimate of drug-likeness (QED) is 0.694. The summed E-state index contributed by atoms with van der Waals surface area (Å²) in [7, 11) is 0. The van der Waals surface area contributed by atoms with Crippen molar-refractivity contribution in [1.82, 2.24) is 0 Å². The van der Waals surface area contributed by atoms with Crippen molar-refractivity contribution < 1.29 is 22.7 Å². The first-order chi connectivity index (χ1) is 9.70. The van der Waals surface area contributed by atoms with Gasteiger partial charge in [-0.2, -0.15) is 13.2 Å². The first kappa shape index (κ1) is 16.3. The Labute approximate surface area is 131 Å². The smallest absolute Gasteiger partial charge is 0.384 e. The maximum Gasteiger partial charge on any atom is 0.419 e. The molecule has 0 aliphatic carbocycles. The minimum atomic E-state index is -4.83. The molecule has 1 unspecified atom stereocenters. The lowest BCUT2D eigenvalue weighted by Crippen LogP contribution is -2.10. The van der Waals surface area contributed by atoms with E-state index in [1.54, 1.807) is 12.1 Å². The fourth-order valence-electron chi connectivity index (χ4n) is 1.83. The zero-order chi connectivity index (χ0) is 15.8. The average Bonchev–Trinajstić information content (AvgIpc) is 2.40. The molecule has 1 N–H and O–H groups in total. The topological polar surface area (TPSA) is 20.2 Å². The molecule has 0 fully saturated rings. The second-order valence-electron chi connectivity index (χ2n) is 4.31. The molecule has 2 rings (SSSR count). The molecule has 0 aromatic heterocycles. The van der Waals surface area contributed by atoms with Gasteiger partial charge in [0.1, 0.15) is 11.9 Å². The van der Waals surface area contributed by atoms with Gasteiger partial charge in [-0.05, 0) is 35.9 Å². The Balaban J connectivity index is 2.49. The normalized spacial score (nSPS) is 13.3. The molecule has 2 aromatic carbocycles. The molecule has 112 valence electrons. The second kappa shape index (κ2) is 5.94. The van der Waals surface area contributed by atoms with E-state index in [1.807, 2.05) is 0 Å². The van der Waals surface area contributed by atoms with E-state index in [2.05, 4.69) is 15.9 Å². The monoisotopic (exact) mass is 382 g/mol. The molecule has 0 amide bonds. The molecule has 0 saturated carbocycles. The molecule has 21 heavy (non-hydrogen) atoms. The summed E-state index contributed by atoms with van der Waals surface area (Å²) < 4.78 is 51.8. The molecule has 0 aliphatic rings. The second-order valence-corrected chi connectivity index (χ2v) is 5.60. The lowest BCUT2D eigenvalue weighted by atomic mass is 9.99. The van der Waals surface area contributed by atoms with Crippen molar-refractivity contribution in [2.75, 3.05) is 0 Å². The molecule has 2 aromatic rings. The molecular formula is C14H8BrClF4O. The predicted molar refractivity (Wildman–Crippen MR) is 74.6 cm³/mol. The fourth-order valence-corrected chi connectivity index (χ4v) is 2.48. The Bertz CT molecular complexity index is 673. The van der Waals surface area contributed by atoms with Crippen LogP contribution in [0.2, 0.25) is 5.02 Å². The third kappa shape index (κ3) is 3.56. The van der Waals surface area contributed by atoms with Crippen molar-refractivity contribution in [3.63, 3.8) is 0 Å². The van der Waals surface area contributed by atoms with Crippen LogP contribution in [0.25, 0.3) is 0 Å². The molecule has 1 atom stereocenters. The molecule has 0 heterocycles. The number of aliphatic hydroxyl groups is 1. The molecule has 0 saturated heterocycles. The SMILES string of the molecule is OC(c1ccc(F)c(C(F)(F)F)c1)c1cc(Cl)ccc1Br. The Morgan fingerprint density at radius 3 is 2.38 bits per heavy atom. The van der Waals surface area contributed by atoms with Gasteiger partial charge in [-0.3, -0.25) is 0 Å². The fraction of sp³-hybridized carbons (Fsp3) is 0.143. The number of alkyl halides is 3. The van der Waals surface area contributed by atoms with Crippen molar-refractivity contribution in [3.05, 3.63) is 68.4 Å². The maximum atomic E-state index is 13.2. The third-order valence-corrected chi connectivity index (χ3v) is 3.82. The summed E-state index contributed by atoms with van der Waals surface area (Å²) >= 11 is 8.99. The van der Waals surface area contributed by atoms with E-state index in [-0.39, 0.29) is 5.56 Å². The van der Waals surface area contributed by atoms with E-state index in [9.17, 15) is 22.7 Å². The van der Waals surface area contributed by atoms with Gasteiger partial charge in [-0.25, -0.2) is 4.39 Å². The molecule has 0 aliphatic heterocycles. The predicted octanol–water partition coefficient (Wildman–Crippen LogP) is 5.34. The lowest BCUT2D eigenvalue weighted by molar-refractivity contribution is -0.140. The summed E-state index contributed by atoms with van der Waals surface area (Å²) in [5.74, 6) is -1.39. The van der Waals surface area contributed by atoms with Crippen molar-refractivity contribution >= 4 is 27.5 Å². The first-order valence-corrected chi connectivity index (χ1v) is 6.87. The van der Waals surface area contributed by atoms with E-state index in [0.29, 0.717) is 27.2 Å². The summed E-state index contributed by atoms with van der Waals surface area (Å²) in [5.41, 5.74) is -1.20. The van der Waals surface area contributed by atoms with Crippen LogP contribution in [0.5, 0.6) is 0 Å². The van der Waals surface area contributed by atoms with Crippen LogP contribution in [0.4, 0.5) is 17.6 Å². The van der Waals surface area contributed by atoms with E-state index in [0.717, 1.165) is 6.07 Å².